The van der Waals surface area contributed by atoms with Crippen molar-refractivity contribution in [2.75, 3.05) is 6.54 Å². The van der Waals surface area contributed by atoms with Gasteiger partial charge < -0.3 is 16.7 Å². The van der Waals surface area contributed by atoms with Crippen LogP contribution in [0, 0.1) is 17.8 Å². The molecule has 1 N–H and O–H groups in total. The van der Waals surface area contributed by atoms with Crippen molar-refractivity contribution in [2.24, 2.45) is 17.8 Å². The third-order valence-corrected chi connectivity index (χ3v) is 11.7. The van der Waals surface area contributed by atoms with Gasteiger partial charge in [-0.05, 0) is 98.4 Å². The molecule has 3 unspecified atom stereocenters. The molecule has 3 aliphatic carbocycles. The van der Waals surface area contributed by atoms with Crippen LogP contribution >= 0.6 is 0 Å². The zero-order chi connectivity index (χ0) is 33.5. The summed E-state index contributed by atoms with van der Waals surface area (Å²) < 4.78 is 19.9. The molecule has 3 aromatic carbocycles. The van der Waals surface area contributed by atoms with Crippen LogP contribution in [-0.2, 0) is 6.54 Å². The molecule has 0 radical (unpaired) electrons. The van der Waals surface area contributed by atoms with E-state index in [1.54, 1.807) is 12.4 Å². The molecule has 0 amide bonds. The number of rotatable bonds is 15. The largest absolute Gasteiger partial charge is 1.20 e. The number of benzene rings is 3. The summed E-state index contributed by atoms with van der Waals surface area (Å²) in [6, 6.07) is 27.9. The van der Waals surface area contributed by atoms with Gasteiger partial charge in [-0.25, -0.2) is 0 Å². The number of aromatic nitrogens is 3. The Labute approximate surface area is 299 Å². The first-order valence-corrected chi connectivity index (χ1v) is 19.6. The molecule has 3 atom stereocenters. The van der Waals surface area contributed by atoms with E-state index in [4.69, 9.17) is 16.3 Å². The van der Waals surface area contributed by atoms with Crippen LogP contribution in [0.2, 0.25) is 0 Å². The Morgan fingerprint density at radius 3 is 1.92 bits per heavy atom. The average molecular weight is 679 g/mol. The van der Waals surface area contributed by atoms with E-state index in [9.17, 15) is 0 Å². The van der Waals surface area contributed by atoms with Crippen molar-refractivity contribution in [3.8, 4) is 17.2 Å². The predicted molar refractivity (Wildman–Crippen MR) is 201 cm³/mol. The molecular formula is C42H43AlN4O3. The summed E-state index contributed by atoms with van der Waals surface area (Å²) >= 11 is -2.95. The molecule has 1 saturated carbocycles. The summed E-state index contributed by atoms with van der Waals surface area (Å²) in [7, 11) is 0. The Kier molecular flexibility index (Phi) is 10.2. The lowest BCUT2D eigenvalue weighted by molar-refractivity contribution is 0.205. The zero-order valence-corrected chi connectivity index (χ0v) is 29.6. The number of nitrogens with zero attached hydrogens (tertiary/aromatic N) is 3. The van der Waals surface area contributed by atoms with E-state index in [1.807, 2.05) is 79.0 Å². The SMILES string of the molecule is C1=CC2CCC1CC2CCCCCCNCc1ccc([O][Al]([O]c2cccc3cccnc23)[O]c2cccc3cccnc23)c2ncccc12. The van der Waals surface area contributed by atoms with E-state index < -0.39 is 15.1 Å². The summed E-state index contributed by atoms with van der Waals surface area (Å²) in [5.41, 5.74) is 3.49. The third-order valence-electron chi connectivity index (χ3n) is 10.4. The van der Waals surface area contributed by atoms with Gasteiger partial charge in [0, 0.05) is 41.3 Å². The van der Waals surface area contributed by atoms with E-state index in [1.165, 1.54) is 56.9 Å². The zero-order valence-electron chi connectivity index (χ0n) is 28.4. The van der Waals surface area contributed by atoms with Crippen molar-refractivity contribution in [3.05, 3.63) is 121 Å². The smallest absolute Gasteiger partial charge is 0.576 e. The van der Waals surface area contributed by atoms with Crippen molar-refractivity contribution >= 4 is 47.9 Å². The number of para-hydroxylation sites is 2. The van der Waals surface area contributed by atoms with Gasteiger partial charge in [-0.1, -0.05) is 79.9 Å². The maximum atomic E-state index is 6.68. The van der Waals surface area contributed by atoms with Crippen molar-refractivity contribution in [1.82, 2.24) is 20.3 Å². The lowest BCUT2D eigenvalue weighted by Crippen LogP contribution is -2.37. The number of fused-ring (bicyclic) bond motifs is 5. The summed E-state index contributed by atoms with van der Waals surface area (Å²) in [5, 5.41) is 6.71. The minimum Gasteiger partial charge on any atom is -0.576 e. The van der Waals surface area contributed by atoms with Crippen LogP contribution in [0.4, 0.5) is 0 Å². The number of allylic oxidation sites excluding steroid dienone is 2. The first kappa shape index (κ1) is 32.7. The van der Waals surface area contributed by atoms with Crippen LogP contribution in [0.5, 0.6) is 17.2 Å². The Bertz CT molecular complexity index is 2010. The van der Waals surface area contributed by atoms with Gasteiger partial charge in [0.1, 0.15) is 33.8 Å². The number of unbranched alkanes of at least 4 members (excludes halogenated alkanes) is 3. The number of pyridine rings is 3. The molecule has 3 heterocycles. The van der Waals surface area contributed by atoms with Crippen molar-refractivity contribution in [2.45, 2.75) is 57.9 Å². The second kappa shape index (κ2) is 15.6. The minimum atomic E-state index is -2.95. The summed E-state index contributed by atoms with van der Waals surface area (Å²) in [4.78, 5) is 14.0. The molecule has 50 heavy (non-hydrogen) atoms. The molecule has 7 nitrogen and oxygen atoms in total. The summed E-state index contributed by atoms with van der Waals surface area (Å²) in [6.45, 7) is 1.78. The van der Waals surface area contributed by atoms with E-state index in [0.29, 0.717) is 17.2 Å². The Morgan fingerprint density at radius 1 is 0.620 bits per heavy atom. The topological polar surface area (TPSA) is 78.4 Å². The lowest BCUT2D eigenvalue weighted by atomic mass is 9.67. The third kappa shape index (κ3) is 7.49. The van der Waals surface area contributed by atoms with Gasteiger partial charge in [-0.15, -0.1) is 0 Å². The predicted octanol–water partition coefficient (Wildman–Crippen LogP) is 9.50. The highest BCUT2D eigenvalue weighted by Crippen LogP contribution is 2.42. The van der Waals surface area contributed by atoms with Gasteiger partial charge in [0.05, 0.1) is 0 Å². The standard InChI is InChI=1S/C24H32N2O.2C9H7NO.Al/c27-23-13-12-21(22-7-5-15-26-24(22)23)17-25-14-4-2-1-3-6-20-16-18-8-10-19(20)11-9-18;2*11-8-5-1-3-7-4-2-6-10-9(7)8;/h5,7-8,10,12-13,15,18-20,25,27H,1-4,6,9,11,14,16-17H2;2*1-6,11H;/q;;;+3/p-3. The average Bonchev–Trinajstić information content (AvgIpc) is 3.17. The first-order valence-electron chi connectivity index (χ1n) is 18.2. The van der Waals surface area contributed by atoms with E-state index >= 15 is 0 Å². The maximum absolute atomic E-state index is 6.68. The molecule has 1 fully saturated rings. The van der Waals surface area contributed by atoms with E-state index in [0.717, 1.165) is 63.6 Å². The van der Waals surface area contributed by atoms with E-state index in [2.05, 4.69) is 39.6 Å². The van der Waals surface area contributed by atoms with Crippen LogP contribution in [-0.4, -0.2) is 36.6 Å². The molecule has 0 aliphatic heterocycles. The van der Waals surface area contributed by atoms with Crippen LogP contribution in [0.15, 0.2) is 116 Å². The second-order valence-electron chi connectivity index (χ2n) is 13.7. The molecular weight excluding hydrogens is 635 g/mol. The van der Waals surface area contributed by atoms with Crippen LogP contribution < -0.4 is 16.7 Å². The van der Waals surface area contributed by atoms with Gasteiger partial charge in [-0.2, -0.15) is 0 Å². The van der Waals surface area contributed by atoms with Gasteiger partial charge in [-0.3, -0.25) is 15.0 Å². The van der Waals surface area contributed by atoms with Gasteiger partial charge >= 0.3 is 15.1 Å². The van der Waals surface area contributed by atoms with Gasteiger partial charge in [0.15, 0.2) is 0 Å². The van der Waals surface area contributed by atoms with Crippen molar-refractivity contribution < 1.29 is 11.4 Å². The van der Waals surface area contributed by atoms with Crippen LogP contribution in [0.3, 0.4) is 0 Å². The van der Waals surface area contributed by atoms with Gasteiger partial charge in [0.25, 0.3) is 0 Å². The molecule has 3 aliphatic rings. The normalized spacial score (nSPS) is 18.1. The molecule has 8 heteroatoms. The Balaban J connectivity index is 0.939. The second-order valence-corrected chi connectivity index (χ2v) is 15.0. The van der Waals surface area contributed by atoms with Crippen LogP contribution in [0.25, 0.3) is 32.7 Å². The Morgan fingerprint density at radius 2 is 1.26 bits per heavy atom. The van der Waals surface area contributed by atoms with Crippen molar-refractivity contribution in [1.29, 1.82) is 0 Å². The molecule has 6 aromatic rings. The molecule has 9 rings (SSSR count). The summed E-state index contributed by atoms with van der Waals surface area (Å²) in [6.07, 6.45) is 21.2. The first-order chi connectivity index (χ1) is 24.8. The summed E-state index contributed by atoms with van der Waals surface area (Å²) in [5.74, 6) is 4.52. The minimum absolute atomic E-state index is 0.615. The quantitative estimate of drug-likeness (QED) is 0.0659. The Hall–Kier alpha value is -4.48. The highest BCUT2D eigenvalue weighted by atomic mass is 27.3. The van der Waals surface area contributed by atoms with Gasteiger partial charge in [0.2, 0.25) is 0 Å². The van der Waals surface area contributed by atoms with Crippen LogP contribution in [0.1, 0.15) is 56.9 Å². The number of hydrogen-bond acceptors (Lipinski definition) is 7. The molecule has 0 saturated heterocycles. The van der Waals surface area contributed by atoms with Crippen molar-refractivity contribution in [3.63, 3.8) is 0 Å². The molecule has 252 valence electrons. The maximum Gasteiger partial charge on any atom is 1.20 e. The highest BCUT2D eigenvalue weighted by molar-refractivity contribution is 6.40. The molecule has 2 bridgehead atoms. The fourth-order valence-corrected chi connectivity index (χ4v) is 9.13. The fourth-order valence-electron chi connectivity index (χ4n) is 7.80. The monoisotopic (exact) mass is 678 g/mol. The number of nitrogens with one attached hydrogen (secondary N) is 1. The number of hydrogen-bond donors (Lipinski definition) is 1. The highest BCUT2D eigenvalue weighted by Gasteiger charge is 2.46. The lowest BCUT2D eigenvalue weighted by Gasteiger charge is -2.38. The molecule has 3 aromatic heterocycles. The fraction of sp³-hybridized carbons (Fsp3) is 0.310. The van der Waals surface area contributed by atoms with E-state index in [-0.39, 0.29) is 0 Å². The molecule has 0 spiro atoms.